The number of fused-ring (bicyclic) bond motifs is 1. The van der Waals surface area contributed by atoms with Crippen LogP contribution in [0.15, 0.2) is 50.4 Å². The maximum atomic E-state index is 12.2. The van der Waals surface area contributed by atoms with Crippen LogP contribution in [-0.2, 0) is 0 Å². The zero-order chi connectivity index (χ0) is 18.0. The molecule has 0 saturated carbocycles. The highest BCUT2D eigenvalue weighted by atomic mass is 127. The van der Waals surface area contributed by atoms with Crippen molar-refractivity contribution in [2.45, 2.75) is 0 Å². The second-order valence-corrected chi connectivity index (χ2v) is 7.09. The number of aromatic hydroxyl groups is 1. The number of carbonyl (C=O) groups excluding carboxylic acids is 1. The molecular weight excluding hydrogens is 503 g/mol. The average molecular weight is 515 g/mol. The minimum Gasteiger partial charge on any atom is -0.506 e. The lowest BCUT2D eigenvalue weighted by molar-refractivity contribution is 0.0929. The lowest BCUT2D eigenvalue weighted by Gasteiger charge is -2.02. The quantitative estimate of drug-likeness (QED) is 0.309. The predicted molar refractivity (Wildman–Crippen MR) is 106 cm³/mol. The number of nitrogens with zero attached hydrogens (tertiary/aromatic N) is 1. The number of hydrogen-bond donors (Lipinski definition) is 2. The Hall–Kier alpha value is -2.07. The van der Waals surface area contributed by atoms with Crippen LogP contribution >= 0.6 is 38.5 Å². The number of amides is 1. The van der Waals surface area contributed by atoms with Crippen molar-refractivity contribution in [2.24, 2.45) is 5.10 Å². The number of methoxy groups -OCH3 is 1. The van der Waals surface area contributed by atoms with Crippen LogP contribution in [0.25, 0.3) is 11.0 Å². The third kappa shape index (κ3) is 3.79. The van der Waals surface area contributed by atoms with E-state index in [1.54, 1.807) is 24.3 Å². The van der Waals surface area contributed by atoms with E-state index in [1.807, 2.05) is 34.7 Å². The van der Waals surface area contributed by atoms with E-state index in [9.17, 15) is 9.90 Å². The number of benzene rings is 2. The fourth-order valence-corrected chi connectivity index (χ4v) is 3.76. The molecule has 0 spiro atoms. The molecule has 0 bridgehead atoms. The van der Waals surface area contributed by atoms with Crippen LogP contribution in [0.4, 0.5) is 0 Å². The highest BCUT2D eigenvalue weighted by molar-refractivity contribution is 14.1. The summed E-state index contributed by atoms with van der Waals surface area (Å²) in [6, 6.07) is 10.5. The number of hydrazone groups is 1. The standard InChI is InChI=1S/C17H12BrIN2O4/c1-24-13-4-2-3-9-6-14(25-16(9)13)17(23)21-20-8-10-5-11(18)7-12(19)15(10)22/h2-8,22H,1H3,(H,21,23)/b20-8-. The summed E-state index contributed by atoms with van der Waals surface area (Å²) >= 11 is 5.35. The zero-order valence-corrected chi connectivity index (χ0v) is 16.7. The van der Waals surface area contributed by atoms with E-state index >= 15 is 0 Å². The number of halogens is 2. The molecule has 1 amide bonds. The third-order valence-corrected chi connectivity index (χ3v) is 4.66. The molecule has 0 aliphatic rings. The van der Waals surface area contributed by atoms with E-state index in [2.05, 4.69) is 26.5 Å². The summed E-state index contributed by atoms with van der Waals surface area (Å²) in [6.07, 6.45) is 1.36. The summed E-state index contributed by atoms with van der Waals surface area (Å²) in [4.78, 5) is 12.2. The van der Waals surface area contributed by atoms with Crippen molar-refractivity contribution in [1.29, 1.82) is 0 Å². The van der Waals surface area contributed by atoms with E-state index in [1.165, 1.54) is 13.3 Å². The van der Waals surface area contributed by atoms with Gasteiger partial charge in [0.2, 0.25) is 0 Å². The van der Waals surface area contributed by atoms with E-state index < -0.39 is 5.91 Å². The first-order valence-corrected chi connectivity index (χ1v) is 8.94. The van der Waals surface area contributed by atoms with Gasteiger partial charge in [-0.25, -0.2) is 5.43 Å². The number of phenolic OH excluding ortho intramolecular Hbond substituents is 1. The van der Waals surface area contributed by atoms with Crippen molar-refractivity contribution < 1.29 is 19.1 Å². The Bertz CT molecular complexity index is 984. The largest absolute Gasteiger partial charge is 0.506 e. The smallest absolute Gasteiger partial charge is 0.307 e. The number of hydrogen-bond acceptors (Lipinski definition) is 5. The summed E-state index contributed by atoms with van der Waals surface area (Å²) in [7, 11) is 1.53. The van der Waals surface area contributed by atoms with Crippen LogP contribution in [0, 0.1) is 3.57 Å². The molecule has 0 aliphatic heterocycles. The average Bonchev–Trinajstić information content (AvgIpc) is 3.03. The van der Waals surface area contributed by atoms with E-state index in [0.29, 0.717) is 20.5 Å². The normalized spacial score (nSPS) is 11.2. The van der Waals surface area contributed by atoms with Gasteiger partial charge in [-0.2, -0.15) is 5.10 Å². The molecular formula is C17H12BrIN2O4. The van der Waals surface area contributed by atoms with Crippen molar-refractivity contribution in [2.75, 3.05) is 7.11 Å². The highest BCUT2D eigenvalue weighted by Crippen LogP contribution is 2.29. The van der Waals surface area contributed by atoms with Gasteiger partial charge < -0.3 is 14.3 Å². The molecule has 128 valence electrons. The van der Waals surface area contributed by atoms with Gasteiger partial charge in [-0.1, -0.05) is 28.1 Å². The summed E-state index contributed by atoms with van der Waals surface area (Å²) in [5, 5.41) is 14.6. The van der Waals surface area contributed by atoms with Gasteiger partial charge in [-0.05, 0) is 46.9 Å². The topological polar surface area (TPSA) is 84.1 Å². The SMILES string of the molecule is COc1cccc2cc(C(=O)N/N=C\c3cc(Br)cc(I)c3O)oc12. The maximum absolute atomic E-state index is 12.2. The molecule has 2 aromatic carbocycles. The number of rotatable bonds is 4. The van der Waals surface area contributed by atoms with Crippen molar-refractivity contribution in [3.05, 3.63) is 55.8 Å². The van der Waals surface area contributed by atoms with Gasteiger partial charge >= 0.3 is 5.91 Å². The lowest BCUT2D eigenvalue weighted by atomic mass is 10.2. The molecule has 2 N–H and O–H groups in total. The Morgan fingerprint density at radius 3 is 2.96 bits per heavy atom. The van der Waals surface area contributed by atoms with Crippen LogP contribution in [0.5, 0.6) is 11.5 Å². The minimum atomic E-state index is -0.501. The molecule has 0 aliphatic carbocycles. The highest BCUT2D eigenvalue weighted by Gasteiger charge is 2.14. The van der Waals surface area contributed by atoms with Crippen LogP contribution in [0.1, 0.15) is 16.1 Å². The fraction of sp³-hybridized carbons (Fsp3) is 0.0588. The Kier molecular flexibility index (Phi) is 5.28. The molecule has 3 rings (SSSR count). The molecule has 1 aromatic heterocycles. The van der Waals surface area contributed by atoms with Crippen LogP contribution < -0.4 is 10.2 Å². The van der Waals surface area contributed by atoms with Crippen molar-refractivity contribution in [1.82, 2.24) is 5.43 Å². The zero-order valence-electron chi connectivity index (χ0n) is 12.9. The Morgan fingerprint density at radius 2 is 2.20 bits per heavy atom. The van der Waals surface area contributed by atoms with Gasteiger partial charge in [0.25, 0.3) is 0 Å². The molecule has 0 unspecified atom stereocenters. The number of furan rings is 1. The molecule has 0 atom stereocenters. The molecule has 6 nitrogen and oxygen atoms in total. The van der Waals surface area contributed by atoms with Crippen LogP contribution in [0.3, 0.4) is 0 Å². The van der Waals surface area contributed by atoms with E-state index in [4.69, 9.17) is 9.15 Å². The molecule has 8 heteroatoms. The number of para-hydroxylation sites is 1. The monoisotopic (exact) mass is 514 g/mol. The second-order valence-electron chi connectivity index (χ2n) is 5.01. The fourth-order valence-electron chi connectivity index (χ4n) is 2.21. The minimum absolute atomic E-state index is 0.0928. The van der Waals surface area contributed by atoms with Crippen molar-refractivity contribution in [3.8, 4) is 11.5 Å². The van der Waals surface area contributed by atoms with Gasteiger partial charge in [-0.15, -0.1) is 0 Å². The number of nitrogens with one attached hydrogen (secondary N) is 1. The number of carbonyl (C=O) groups is 1. The van der Waals surface area contributed by atoms with Crippen molar-refractivity contribution >= 4 is 61.6 Å². The van der Waals surface area contributed by atoms with Crippen molar-refractivity contribution in [3.63, 3.8) is 0 Å². The predicted octanol–water partition coefficient (Wildman–Crippen LogP) is 4.28. The van der Waals surface area contributed by atoms with Gasteiger partial charge in [-0.3, -0.25) is 4.79 Å². The second kappa shape index (κ2) is 7.44. The van der Waals surface area contributed by atoms with Gasteiger partial charge in [0, 0.05) is 15.4 Å². The molecule has 3 aromatic rings. The molecule has 0 fully saturated rings. The first-order valence-electron chi connectivity index (χ1n) is 7.07. The first-order chi connectivity index (χ1) is 12.0. The molecule has 1 heterocycles. The summed E-state index contributed by atoms with van der Waals surface area (Å²) in [6.45, 7) is 0. The Balaban J connectivity index is 1.79. The van der Waals surface area contributed by atoms with Gasteiger partial charge in [0.15, 0.2) is 17.1 Å². The van der Waals surface area contributed by atoms with Gasteiger partial charge in [0.1, 0.15) is 5.75 Å². The van der Waals surface area contributed by atoms with E-state index in [0.717, 1.165) is 9.86 Å². The third-order valence-electron chi connectivity index (χ3n) is 3.38. The van der Waals surface area contributed by atoms with Crippen LogP contribution in [-0.4, -0.2) is 24.3 Å². The molecule has 0 saturated heterocycles. The summed E-state index contributed by atoms with van der Waals surface area (Å²) in [5.41, 5.74) is 3.35. The maximum Gasteiger partial charge on any atom is 0.307 e. The van der Waals surface area contributed by atoms with E-state index in [-0.39, 0.29) is 11.5 Å². The Labute approximate surface area is 165 Å². The first kappa shape index (κ1) is 17.7. The van der Waals surface area contributed by atoms with Gasteiger partial charge in [0.05, 0.1) is 16.9 Å². The number of phenols is 1. The Morgan fingerprint density at radius 1 is 1.40 bits per heavy atom. The molecule has 25 heavy (non-hydrogen) atoms. The summed E-state index contributed by atoms with van der Waals surface area (Å²) < 4.78 is 12.2. The summed E-state index contributed by atoms with van der Waals surface area (Å²) in [5.74, 6) is 0.257. The van der Waals surface area contributed by atoms with Crippen LogP contribution in [0.2, 0.25) is 0 Å². The number of ether oxygens (including phenoxy) is 1. The molecule has 0 radical (unpaired) electrons. The lowest BCUT2D eigenvalue weighted by Crippen LogP contribution is -2.16.